The number of pyridine rings is 1. The lowest BCUT2D eigenvalue weighted by atomic mass is 10.2. The van der Waals surface area contributed by atoms with Crippen LogP contribution < -0.4 is 0 Å². The molecule has 11 heteroatoms. The molecule has 0 bridgehead atoms. The number of aromatic nitrogens is 7. The minimum Gasteiger partial charge on any atom is -0.396 e. The van der Waals surface area contributed by atoms with Gasteiger partial charge in [0.05, 0.1) is 40.6 Å². The second-order valence-corrected chi connectivity index (χ2v) is 10.7. The summed E-state index contributed by atoms with van der Waals surface area (Å²) in [5.74, 6) is 1.13. The summed E-state index contributed by atoms with van der Waals surface area (Å²) in [6, 6.07) is 4.14. The van der Waals surface area contributed by atoms with Crippen LogP contribution in [0, 0.1) is 12.8 Å². The van der Waals surface area contributed by atoms with Gasteiger partial charge >= 0.3 is 0 Å². The maximum atomic E-state index is 12.6. The van der Waals surface area contributed by atoms with Crippen molar-refractivity contribution in [1.82, 2.24) is 33.7 Å². The molecule has 1 saturated carbocycles. The maximum Gasteiger partial charge on any atom is 0.257 e. The van der Waals surface area contributed by atoms with Crippen LogP contribution in [0.3, 0.4) is 0 Å². The van der Waals surface area contributed by atoms with Gasteiger partial charge in [0.1, 0.15) is 11.3 Å². The summed E-state index contributed by atoms with van der Waals surface area (Å²) in [6.45, 7) is 6.10. The molecule has 4 aromatic rings. The van der Waals surface area contributed by atoms with E-state index < -0.39 is 15.3 Å². The average molecular weight is 468 g/mol. The quantitative estimate of drug-likeness (QED) is 0.438. The Balaban J connectivity index is 1.41. The van der Waals surface area contributed by atoms with E-state index in [1.165, 1.54) is 12.4 Å². The molecule has 0 aromatic carbocycles. The van der Waals surface area contributed by atoms with Crippen molar-refractivity contribution < 1.29 is 13.5 Å². The predicted molar refractivity (Wildman–Crippen MR) is 122 cm³/mol. The molecule has 5 rings (SSSR count). The predicted octanol–water partition coefficient (Wildman–Crippen LogP) is 2.12. The Kier molecular flexibility index (Phi) is 5.25. The van der Waals surface area contributed by atoms with E-state index in [4.69, 9.17) is 0 Å². The number of hydrogen-bond acceptors (Lipinski definition) is 8. The van der Waals surface area contributed by atoms with Crippen LogP contribution in [-0.2, 0) is 16.4 Å². The molecule has 4 aromatic heterocycles. The van der Waals surface area contributed by atoms with Gasteiger partial charge in [-0.3, -0.25) is 4.98 Å². The lowest BCUT2D eigenvalue weighted by Crippen LogP contribution is -2.20. The van der Waals surface area contributed by atoms with Crippen LogP contribution >= 0.6 is 0 Å². The van der Waals surface area contributed by atoms with Crippen molar-refractivity contribution in [3.63, 3.8) is 0 Å². The molecule has 172 valence electrons. The molecular formula is C22H25N7O3S. The van der Waals surface area contributed by atoms with E-state index in [-0.39, 0.29) is 18.6 Å². The van der Waals surface area contributed by atoms with Crippen LogP contribution in [0.5, 0.6) is 0 Å². The number of imidazole rings is 1. The highest BCUT2D eigenvalue weighted by Crippen LogP contribution is 2.37. The first-order chi connectivity index (χ1) is 15.8. The standard InChI is InChI=1S/C22H25N7O3S/c1-13(2)29-14(3)26-19-10-24-18(8-20(19)29)7-17-4-5-23-22(27-17)16-9-25-28(11-16)33(31,32)21-6-15(21)12-30/h4-5,8-11,13,15,21,30H,6-7,12H2,1-3H3. The number of fused-ring (bicyclic) bond motifs is 1. The first-order valence-corrected chi connectivity index (χ1v) is 12.3. The molecule has 1 aliphatic rings. The fraction of sp³-hybridized carbons (Fsp3) is 0.409. The highest BCUT2D eigenvalue weighted by Gasteiger charge is 2.48. The van der Waals surface area contributed by atoms with E-state index in [0.29, 0.717) is 24.2 Å². The Labute approximate surface area is 191 Å². The molecule has 1 fully saturated rings. The van der Waals surface area contributed by atoms with Gasteiger partial charge in [0.25, 0.3) is 10.0 Å². The van der Waals surface area contributed by atoms with Crippen LogP contribution in [0.4, 0.5) is 0 Å². The van der Waals surface area contributed by atoms with Gasteiger partial charge in [0, 0.05) is 36.9 Å². The van der Waals surface area contributed by atoms with Gasteiger partial charge < -0.3 is 9.67 Å². The number of aryl methyl sites for hydroxylation is 1. The van der Waals surface area contributed by atoms with Gasteiger partial charge in [-0.15, -0.1) is 0 Å². The third-order valence-corrected chi connectivity index (χ3v) is 8.02. The molecular weight excluding hydrogens is 442 g/mol. The Morgan fingerprint density at radius 2 is 2.00 bits per heavy atom. The van der Waals surface area contributed by atoms with E-state index in [1.807, 2.05) is 19.1 Å². The number of hydrogen-bond donors (Lipinski definition) is 1. The third kappa shape index (κ3) is 3.91. The van der Waals surface area contributed by atoms with Crippen molar-refractivity contribution in [2.24, 2.45) is 5.92 Å². The largest absolute Gasteiger partial charge is 0.396 e. The van der Waals surface area contributed by atoms with Crippen molar-refractivity contribution in [2.75, 3.05) is 6.61 Å². The molecule has 33 heavy (non-hydrogen) atoms. The molecule has 1 N–H and O–H groups in total. The molecule has 0 spiro atoms. The topological polar surface area (TPSA) is 129 Å². The number of rotatable bonds is 7. The zero-order chi connectivity index (χ0) is 23.3. The fourth-order valence-electron chi connectivity index (χ4n) is 4.20. The summed E-state index contributed by atoms with van der Waals surface area (Å²) in [6.07, 6.45) is 7.25. The smallest absolute Gasteiger partial charge is 0.257 e. The highest BCUT2D eigenvalue weighted by atomic mass is 32.2. The number of nitrogens with zero attached hydrogens (tertiary/aromatic N) is 7. The van der Waals surface area contributed by atoms with E-state index in [9.17, 15) is 13.5 Å². The lowest BCUT2D eigenvalue weighted by molar-refractivity contribution is 0.276. The van der Waals surface area contributed by atoms with E-state index in [2.05, 4.69) is 43.4 Å². The first kappa shape index (κ1) is 21.7. The molecule has 0 radical (unpaired) electrons. The van der Waals surface area contributed by atoms with Crippen LogP contribution in [-0.4, -0.2) is 59.1 Å². The summed E-state index contributed by atoms with van der Waals surface area (Å²) >= 11 is 0. The van der Waals surface area contributed by atoms with Crippen LogP contribution in [0.2, 0.25) is 0 Å². The van der Waals surface area contributed by atoms with Crippen molar-refractivity contribution in [3.05, 3.63) is 54.1 Å². The molecule has 4 heterocycles. The fourth-order valence-corrected chi connectivity index (χ4v) is 5.98. The molecule has 0 saturated heterocycles. The monoisotopic (exact) mass is 467 g/mol. The van der Waals surface area contributed by atoms with E-state index in [0.717, 1.165) is 32.3 Å². The first-order valence-electron chi connectivity index (χ1n) is 10.8. The zero-order valence-electron chi connectivity index (χ0n) is 18.6. The van der Waals surface area contributed by atoms with Gasteiger partial charge in [-0.2, -0.15) is 9.19 Å². The van der Waals surface area contributed by atoms with Crippen LogP contribution in [0.25, 0.3) is 22.4 Å². The Bertz CT molecular complexity index is 1440. The Morgan fingerprint density at radius 1 is 1.18 bits per heavy atom. The highest BCUT2D eigenvalue weighted by molar-refractivity contribution is 7.90. The Hall–Kier alpha value is -3.18. The van der Waals surface area contributed by atoms with Gasteiger partial charge in [-0.25, -0.2) is 23.4 Å². The maximum absolute atomic E-state index is 12.6. The van der Waals surface area contributed by atoms with Crippen molar-refractivity contribution in [3.8, 4) is 11.4 Å². The van der Waals surface area contributed by atoms with E-state index >= 15 is 0 Å². The Morgan fingerprint density at radius 3 is 2.73 bits per heavy atom. The van der Waals surface area contributed by atoms with Gasteiger partial charge in [-0.1, -0.05) is 0 Å². The van der Waals surface area contributed by atoms with Crippen molar-refractivity contribution in [2.45, 2.75) is 44.9 Å². The average Bonchev–Trinajstić information content (AvgIpc) is 3.28. The summed E-state index contributed by atoms with van der Waals surface area (Å²) in [7, 11) is -3.63. The van der Waals surface area contributed by atoms with Crippen LogP contribution in [0.15, 0.2) is 36.9 Å². The summed E-state index contributed by atoms with van der Waals surface area (Å²) in [5, 5.41) is 12.6. The summed E-state index contributed by atoms with van der Waals surface area (Å²) in [4.78, 5) is 18.0. The SMILES string of the molecule is Cc1nc2cnc(Cc3ccnc(-c4cnn(S(=O)(=O)C5CC5CO)c4)n3)cc2n1C(C)C. The molecule has 0 aliphatic heterocycles. The molecule has 2 unspecified atom stereocenters. The van der Waals surface area contributed by atoms with Crippen molar-refractivity contribution in [1.29, 1.82) is 0 Å². The van der Waals surface area contributed by atoms with Crippen molar-refractivity contribution >= 4 is 21.1 Å². The second-order valence-electron chi connectivity index (χ2n) is 8.70. The molecule has 0 amide bonds. The zero-order valence-corrected chi connectivity index (χ0v) is 19.4. The third-order valence-electron chi connectivity index (χ3n) is 5.95. The normalized spacial score (nSPS) is 18.3. The second kappa shape index (κ2) is 7.99. The summed E-state index contributed by atoms with van der Waals surface area (Å²) < 4.78 is 28.4. The molecule has 1 aliphatic carbocycles. The minimum absolute atomic E-state index is 0.138. The number of aliphatic hydroxyl groups is 1. The van der Waals surface area contributed by atoms with E-state index in [1.54, 1.807) is 12.4 Å². The lowest BCUT2D eigenvalue weighted by Gasteiger charge is -2.11. The number of aliphatic hydroxyl groups excluding tert-OH is 1. The summed E-state index contributed by atoms with van der Waals surface area (Å²) in [5.41, 5.74) is 4.03. The van der Waals surface area contributed by atoms with Crippen LogP contribution in [0.1, 0.15) is 43.5 Å². The molecule has 10 nitrogen and oxygen atoms in total. The molecule has 2 atom stereocenters. The van der Waals surface area contributed by atoms with Gasteiger partial charge in [0.2, 0.25) is 0 Å². The van der Waals surface area contributed by atoms with Gasteiger partial charge in [-0.05, 0) is 39.3 Å². The van der Waals surface area contributed by atoms with Gasteiger partial charge in [0.15, 0.2) is 5.82 Å². The minimum atomic E-state index is -3.63.